The van der Waals surface area contributed by atoms with Crippen molar-refractivity contribution in [2.24, 2.45) is 0 Å². The van der Waals surface area contributed by atoms with E-state index in [0.29, 0.717) is 0 Å². The van der Waals surface area contributed by atoms with Crippen LogP contribution in [0.25, 0.3) is 76.1 Å². The largest absolute Gasteiger partial charge is 0.310 e. The van der Waals surface area contributed by atoms with E-state index in [-0.39, 0.29) is 0 Å². The SMILES string of the molecule is c1ccc(N(c2ccc(N(c3ccc(N(c4ccccc4)c4ccc5ccccc5c4)cc3)c3ccc(N(c4ccccc4)c4ccc5cc(-c6cccc(N(c7ccc(-c8ccc(N(c9ccccc9)c9cccc%10ccccc9%10)cc8)cc7)c7cccc8ccccc78)c6)ccc5c4)cc3)cc2)c2ccc3ccccc3c2)cc1. The van der Waals surface area contributed by atoms with E-state index >= 15 is 0 Å². The average molecular weight is 1480 g/mol. The van der Waals surface area contributed by atoms with Gasteiger partial charge in [-0.2, -0.15) is 0 Å². The normalized spacial score (nSPS) is 11.3. The Labute approximate surface area is 676 Å². The predicted octanol–water partition coefficient (Wildman–Crippen LogP) is 31.6. The molecule has 0 heterocycles. The first-order valence-electron chi connectivity index (χ1n) is 39.6. The maximum Gasteiger partial charge on any atom is 0.0540 e. The highest BCUT2D eigenvalue weighted by atomic mass is 15.2. The third kappa shape index (κ3) is 13.8. The lowest BCUT2D eigenvalue weighted by atomic mass is 9.99. The van der Waals surface area contributed by atoms with E-state index in [2.05, 4.69) is 503 Å². The summed E-state index contributed by atoms with van der Waals surface area (Å²) < 4.78 is 0. The summed E-state index contributed by atoms with van der Waals surface area (Å²) in [6.07, 6.45) is 0. The van der Waals surface area contributed by atoms with Gasteiger partial charge in [0.05, 0.1) is 11.4 Å². The van der Waals surface area contributed by atoms with Crippen molar-refractivity contribution in [2.75, 3.05) is 29.4 Å². The summed E-state index contributed by atoms with van der Waals surface area (Å²) in [7, 11) is 0. The average Bonchev–Trinajstić information content (AvgIpc) is 0.777. The van der Waals surface area contributed by atoms with Crippen LogP contribution in [-0.2, 0) is 0 Å². The van der Waals surface area contributed by atoms with Crippen LogP contribution < -0.4 is 29.4 Å². The molecule has 0 N–H and O–H groups in total. The van der Waals surface area contributed by atoms with Gasteiger partial charge in [0.15, 0.2) is 0 Å². The molecule has 0 bridgehead atoms. The summed E-state index contributed by atoms with van der Waals surface area (Å²) in [4.78, 5) is 14.2. The monoisotopic (exact) mass is 1480 g/mol. The molecule has 0 fully saturated rings. The van der Waals surface area contributed by atoms with E-state index in [9.17, 15) is 0 Å². The topological polar surface area (TPSA) is 19.4 Å². The van der Waals surface area contributed by atoms with Crippen LogP contribution in [0.3, 0.4) is 0 Å². The highest BCUT2D eigenvalue weighted by Gasteiger charge is 2.24. The molecule has 0 amide bonds. The molecule has 0 aliphatic rings. The maximum atomic E-state index is 2.41. The Hall–Kier alpha value is -15.5. The van der Waals surface area contributed by atoms with Gasteiger partial charge in [-0.3, -0.25) is 0 Å². The second kappa shape index (κ2) is 31.0. The van der Waals surface area contributed by atoms with E-state index in [4.69, 9.17) is 0 Å². The highest BCUT2D eigenvalue weighted by Crippen LogP contribution is 2.48. The molecule has 0 aliphatic heterocycles. The smallest absolute Gasteiger partial charge is 0.0540 e. The minimum atomic E-state index is 1.02. The van der Waals surface area contributed by atoms with E-state index in [0.717, 1.165) is 135 Å². The molecule has 0 saturated carbocycles. The number of anilines is 18. The van der Waals surface area contributed by atoms with Crippen LogP contribution in [0.5, 0.6) is 0 Å². The lowest BCUT2D eigenvalue weighted by molar-refractivity contribution is 1.24. The van der Waals surface area contributed by atoms with Crippen molar-refractivity contribution < 1.29 is 0 Å². The third-order valence-corrected chi connectivity index (χ3v) is 22.3. The molecule has 0 aromatic heterocycles. The first kappa shape index (κ1) is 69.7. The fourth-order valence-corrected chi connectivity index (χ4v) is 16.6. The molecule has 20 aromatic carbocycles. The molecule has 0 saturated heterocycles. The quantitative estimate of drug-likeness (QED) is 0.0752. The van der Waals surface area contributed by atoms with Gasteiger partial charge in [0.25, 0.3) is 0 Å². The molecule has 0 aliphatic carbocycles. The summed E-state index contributed by atoms with van der Waals surface area (Å²) in [6.45, 7) is 0. The summed E-state index contributed by atoms with van der Waals surface area (Å²) in [5.41, 5.74) is 23.8. The van der Waals surface area contributed by atoms with E-state index in [1.165, 1.54) is 43.1 Å². The molecule has 0 spiro atoms. The van der Waals surface area contributed by atoms with Crippen molar-refractivity contribution in [3.05, 3.63) is 473 Å². The Kier molecular flexibility index (Phi) is 18.6. The molecule has 0 radical (unpaired) electrons. The van der Waals surface area contributed by atoms with Crippen molar-refractivity contribution in [3.8, 4) is 22.3 Å². The highest BCUT2D eigenvalue weighted by molar-refractivity contribution is 6.02. The molecule has 20 aromatic rings. The Morgan fingerprint density at radius 2 is 0.319 bits per heavy atom. The van der Waals surface area contributed by atoms with Gasteiger partial charge in [-0.25, -0.2) is 0 Å². The first-order chi connectivity index (χ1) is 57.5. The fourth-order valence-electron chi connectivity index (χ4n) is 16.6. The number of fused-ring (bicyclic) bond motifs is 5. The minimum Gasteiger partial charge on any atom is -0.310 e. The fraction of sp³-hybridized carbons (Fsp3) is 0. The Bertz CT molecular complexity index is 6710. The van der Waals surface area contributed by atoms with Gasteiger partial charge in [-0.05, 0) is 278 Å². The molecule has 6 heteroatoms. The molecular formula is C110H78N6. The summed E-state index contributed by atoms with van der Waals surface area (Å²) in [5, 5.41) is 11.9. The second-order valence-electron chi connectivity index (χ2n) is 29.4. The molecule has 6 nitrogen and oxygen atoms in total. The van der Waals surface area contributed by atoms with Crippen molar-refractivity contribution >= 4 is 156 Å². The van der Waals surface area contributed by atoms with Crippen LogP contribution in [0.2, 0.25) is 0 Å². The lowest BCUT2D eigenvalue weighted by Crippen LogP contribution is -2.14. The molecular weight excluding hydrogens is 1410 g/mol. The summed E-state index contributed by atoms with van der Waals surface area (Å²) >= 11 is 0. The van der Waals surface area contributed by atoms with E-state index < -0.39 is 0 Å². The zero-order valence-corrected chi connectivity index (χ0v) is 63.7. The number of para-hydroxylation sites is 4. The van der Waals surface area contributed by atoms with Crippen molar-refractivity contribution in [1.29, 1.82) is 0 Å². The van der Waals surface area contributed by atoms with Crippen LogP contribution in [-0.4, -0.2) is 0 Å². The number of hydrogen-bond donors (Lipinski definition) is 0. The molecule has 0 atom stereocenters. The van der Waals surface area contributed by atoms with Gasteiger partial charge < -0.3 is 29.4 Å². The molecule has 20 rings (SSSR count). The second-order valence-corrected chi connectivity index (χ2v) is 29.4. The summed E-state index contributed by atoms with van der Waals surface area (Å²) in [6, 6.07) is 172. The van der Waals surface area contributed by atoms with Crippen molar-refractivity contribution in [2.45, 2.75) is 0 Å². The molecule has 548 valence electrons. The van der Waals surface area contributed by atoms with Gasteiger partial charge in [0.1, 0.15) is 0 Å². The summed E-state index contributed by atoms with van der Waals surface area (Å²) in [5.74, 6) is 0. The van der Waals surface area contributed by atoms with Gasteiger partial charge in [0.2, 0.25) is 0 Å². The molecule has 116 heavy (non-hydrogen) atoms. The van der Waals surface area contributed by atoms with E-state index in [1.54, 1.807) is 0 Å². The number of hydrogen-bond acceptors (Lipinski definition) is 6. The zero-order chi connectivity index (χ0) is 77.1. The standard InChI is InChI=1S/C110H78N6/c1-5-33-91(34-6-1)112(104-59-52-79-24-13-15-28-85(79)75-104)98-68-62-95(63-69-98)111(96-64-70-99(71-65-96)113(92-35-7-2-8-36-92)105-60-53-80-25-14-16-29-86(80)76-105)97-66-72-100(73-67-97)114(93-37-9-3-10-38-93)106-61-54-89-74-88(46-47-90(89)78-106)87-32-21-41-103(77-87)116(110-45-23-31-84-27-18-20-43-108(84)110)102-57-50-82(51-58-102)81-48-55-101(56-49-81)115(94-39-11-4-12-40-94)109-44-22-30-83-26-17-19-42-107(83)109/h1-78H. The Morgan fingerprint density at radius 3 is 0.716 bits per heavy atom. The van der Waals surface area contributed by atoms with Crippen LogP contribution in [0.15, 0.2) is 473 Å². The number of rotatable bonds is 20. The van der Waals surface area contributed by atoms with Crippen LogP contribution in [0.1, 0.15) is 0 Å². The lowest BCUT2D eigenvalue weighted by Gasteiger charge is -2.30. The first-order valence-corrected chi connectivity index (χ1v) is 39.6. The number of nitrogens with zero attached hydrogens (tertiary/aromatic N) is 6. The molecule has 0 unspecified atom stereocenters. The van der Waals surface area contributed by atoms with Crippen LogP contribution in [0, 0.1) is 0 Å². The minimum absolute atomic E-state index is 1.02. The van der Waals surface area contributed by atoms with Crippen LogP contribution >= 0.6 is 0 Å². The van der Waals surface area contributed by atoms with Gasteiger partial charge in [0, 0.05) is 102 Å². The predicted molar refractivity (Wildman–Crippen MR) is 493 cm³/mol. The zero-order valence-electron chi connectivity index (χ0n) is 63.7. The number of benzene rings is 20. The van der Waals surface area contributed by atoms with Gasteiger partial charge >= 0.3 is 0 Å². The van der Waals surface area contributed by atoms with Crippen molar-refractivity contribution in [3.63, 3.8) is 0 Å². The van der Waals surface area contributed by atoms with Gasteiger partial charge in [-0.15, -0.1) is 0 Å². The third-order valence-electron chi connectivity index (χ3n) is 22.3. The van der Waals surface area contributed by atoms with Crippen molar-refractivity contribution in [1.82, 2.24) is 0 Å². The van der Waals surface area contributed by atoms with Crippen LogP contribution in [0.4, 0.5) is 102 Å². The maximum absolute atomic E-state index is 2.41. The Balaban J connectivity index is 0.621. The van der Waals surface area contributed by atoms with E-state index in [1.807, 2.05) is 0 Å². The Morgan fingerprint density at radius 1 is 0.103 bits per heavy atom. The van der Waals surface area contributed by atoms with Gasteiger partial charge in [-0.1, -0.05) is 261 Å².